The summed E-state index contributed by atoms with van der Waals surface area (Å²) in [4.78, 5) is 12.0. The van der Waals surface area contributed by atoms with E-state index in [1.54, 1.807) is 22.9 Å². The number of nitrogens with one attached hydrogen (secondary N) is 1. The Morgan fingerprint density at radius 3 is 2.94 bits per heavy atom. The van der Waals surface area contributed by atoms with Gasteiger partial charge in [-0.15, -0.1) is 0 Å². The first-order chi connectivity index (χ1) is 8.56. The number of rotatable bonds is 3. The van der Waals surface area contributed by atoms with Gasteiger partial charge in [-0.05, 0) is 40.2 Å². The van der Waals surface area contributed by atoms with Gasteiger partial charge in [0.15, 0.2) is 0 Å². The van der Waals surface area contributed by atoms with E-state index in [1.165, 1.54) is 0 Å². The molecule has 2 aromatic rings. The number of carbonyl (C=O) groups excluding carboxylic acids is 1. The first-order valence-electron chi connectivity index (χ1n) is 5.38. The SMILES string of the molecule is Cn1ccc(CNC(=O)c2cc(N)ccc2Br)n1. The Labute approximate surface area is 113 Å². The summed E-state index contributed by atoms with van der Waals surface area (Å²) < 4.78 is 2.41. The van der Waals surface area contributed by atoms with E-state index < -0.39 is 0 Å². The lowest BCUT2D eigenvalue weighted by Crippen LogP contribution is -2.23. The van der Waals surface area contributed by atoms with Crippen molar-refractivity contribution in [2.45, 2.75) is 6.54 Å². The molecule has 0 bridgehead atoms. The number of nitrogens with zero attached hydrogens (tertiary/aromatic N) is 2. The maximum Gasteiger partial charge on any atom is 0.252 e. The summed E-state index contributed by atoms with van der Waals surface area (Å²) in [5.74, 6) is -0.181. The number of benzene rings is 1. The number of carbonyl (C=O) groups is 1. The number of amides is 1. The van der Waals surface area contributed by atoms with Crippen LogP contribution in [0.3, 0.4) is 0 Å². The molecule has 94 valence electrons. The van der Waals surface area contributed by atoms with Gasteiger partial charge < -0.3 is 11.1 Å². The molecule has 3 N–H and O–H groups in total. The van der Waals surface area contributed by atoms with E-state index in [4.69, 9.17) is 5.73 Å². The average molecular weight is 309 g/mol. The van der Waals surface area contributed by atoms with Crippen molar-refractivity contribution in [3.8, 4) is 0 Å². The maximum absolute atomic E-state index is 12.0. The van der Waals surface area contributed by atoms with Crippen LogP contribution in [0.2, 0.25) is 0 Å². The third-order valence-electron chi connectivity index (χ3n) is 2.43. The van der Waals surface area contributed by atoms with Crippen molar-refractivity contribution in [1.82, 2.24) is 15.1 Å². The number of hydrogen-bond donors (Lipinski definition) is 2. The van der Waals surface area contributed by atoms with Crippen LogP contribution in [0, 0.1) is 0 Å². The summed E-state index contributed by atoms with van der Waals surface area (Å²) in [5, 5.41) is 6.98. The minimum absolute atomic E-state index is 0.181. The number of aromatic nitrogens is 2. The molecule has 0 saturated carbocycles. The molecule has 2 rings (SSSR count). The number of nitrogen functional groups attached to an aromatic ring is 1. The summed E-state index contributed by atoms with van der Waals surface area (Å²) in [6.07, 6.45) is 1.83. The summed E-state index contributed by atoms with van der Waals surface area (Å²) in [7, 11) is 1.83. The number of hydrogen-bond acceptors (Lipinski definition) is 3. The molecular weight excluding hydrogens is 296 g/mol. The zero-order valence-corrected chi connectivity index (χ0v) is 11.4. The van der Waals surface area contributed by atoms with Crippen molar-refractivity contribution in [3.63, 3.8) is 0 Å². The molecule has 6 heteroatoms. The van der Waals surface area contributed by atoms with Crippen LogP contribution in [0.4, 0.5) is 5.69 Å². The van der Waals surface area contributed by atoms with Gasteiger partial charge in [0.1, 0.15) is 0 Å². The predicted octanol–water partition coefficient (Wildman–Crippen LogP) is 1.69. The Balaban J connectivity index is 2.05. The molecule has 1 aromatic heterocycles. The lowest BCUT2D eigenvalue weighted by atomic mass is 10.2. The Kier molecular flexibility index (Phi) is 3.66. The smallest absolute Gasteiger partial charge is 0.252 e. The number of anilines is 1. The van der Waals surface area contributed by atoms with E-state index >= 15 is 0 Å². The molecule has 0 spiro atoms. The predicted molar refractivity (Wildman–Crippen MR) is 72.9 cm³/mol. The lowest BCUT2D eigenvalue weighted by molar-refractivity contribution is 0.0949. The van der Waals surface area contributed by atoms with E-state index in [0.29, 0.717) is 17.8 Å². The minimum Gasteiger partial charge on any atom is -0.399 e. The zero-order chi connectivity index (χ0) is 13.1. The second-order valence-corrected chi connectivity index (χ2v) is 4.76. The van der Waals surface area contributed by atoms with Gasteiger partial charge >= 0.3 is 0 Å². The van der Waals surface area contributed by atoms with Gasteiger partial charge in [-0.3, -0.25) is 9.48 Å². The van der Waals surface area contributed by atoms with E-state index in [1.807, 2.05) is 19.3 Å². The van der Waals surface area contributed by atoms with Crippen molar-refractivity contribution >= 4 is 27.5 Å². The highest BCUT2D eigenvalue weighted by Gasteiger charge is 2.10. The Morgan fingerprint density at radius 2 is 2.28 bits per heavy atom. The third-order valence-corrected chi connectivity index (χ3v) is 3.13. The second-order valence-electron chi connectivity index (χ2n) is 3.90. The molecule has 0 fully saturated rings. The molecule has 1 aromatic carbocycles. The molecule has 0 radical (unpaired) electrons. The summed E-state index contributed by atoms with van der Waals surface area (Å²) in [6.45, 7) is 0.390. The molecule has 0 aliphatic carbocycles. The van der Waals surface area contributed by atoms with Crippen LogP contribution in [-0.4, -0.2) is 15.7 Å². The molecule has 0 aliphatic rings. The normalized spacial score (nSPS) is 10.3. The van der Waals surface area contributed by atoms with E-state index in [9.17, 15) is 4.79 Å². The lowest BCUT2D eigenvalue weighted by Gasteiger charge is -2.06. The van der Waals surface area contributed by atoms with Crippen molar-refractivity contribution < 1.29 is 4.79 Å². The summed E-state index contributed by atoms with van der Waals surface area (Å²) in [5.41, 5.74) is 7.55. The highest BCUT2D eigenvalue weighted by molar-refractivity contribution is 9.10. The van der Waals surface area contributed by atoms with Crippen molar-refractivity contribution in [2.24, 2.45) is 7.05 Å². The number of aryl methyl sites for hydroxylation is 1. The van der Waals surface area contributed by atoms with Gasteiger partial charge in [-0.2, -0.15) is 5.10 Å². The van der Waals surface area contributed by atoms with Gasteiger partial charge in [-0.25, -0.2) is 0 Å². The first-order valence-corrected chi connectivity index (χ1v) is 6.17. The van der Waals surface area contributed by atoms with Crippen LogP contribution < -0.4 is 11.1 Å². The van der Waals surface area contributed by atoms with Crippen LogP contribution in [0.1, 0.15) is 16.1 Å². The Morgan fingerprint density at radius 1 is 1.50 bits per heavy atom. The average Bonchev–Trinajstić information content (AvgIpc) is 2.75. The van der Waals surface area contributed by atoms with E-state index in [-0.39, 0.29) is 5.91 Å². The van der Waals surface area contributed by atoms with Crippen LogP contribution in [0.25, 0.3) is 0 Å². The van der Waals surface area contributed by atoms with Gasteiger partial charge in [0.2, 0.25) is 0 Å². The highest BCUT2D eigenvalue weighted by Crippen LogP contribution is 2.19. The van der Waals surface area contributed by atoms with Crippen LogP contribution in [0.5, 0.6) is 0 Å². The quantitative estimate of drug-likeness (QED) is 0.848. The largest absolute Gasteiger partial charge is 0.399 e. The molecule has 18 heavy (non-hydrogen) atoms. The molecular formula is C12H13BrN4O. The van der Waals surface area contributed by atoms with Crippen molar-refractivity contribution in [2.75, 3.05) is 5.73 Å². The fourth-order valence-corrected chi connectivity index (χ4v) is 1.97. The molecule has 5 nitrogen and oxygen atoms in total. The molecule has 0 saturated heterocycles. The Bertz CT molecular complexity index is 579. The number of halogens is 1. The monoisotopic (exact) mass is 308 g/mol. The van der Waals surface area contributed by atoms with Gasteiger partial charge in [0.05, 0.1) is 17.8 Å². The highest BCUT2D eigenvalue weighted by atomic mass is 79.9. The molecule has 0 atom stereocenters. The topological polar surface area (TPSA) is 72.9 Å². The minimum atomic E-state index is -0.181. The third kappa shape index (κ3) is 2.89. The van der Waals surface area contributed by atoms with Gasteiger partial charge in [0, 0.05) is 23.4 Å². The Hall–Kier alpha value is -1.82. The van der Waals surface area contributed by atoms with Crippen molar-refractivity contribution in [1.29, 1.82) is 0 Å². The summed E-state index contributed by atoms with van der Waals surface area (Å²) >= 11 is 3.33. The summed E-state index contributed by atoms with van der Waals surface area (Å²) in [6, 6.07) is 6.98. The van der Waals surface area contributed by atoms with E-state index in [2.05, 4.69) is 26.3 Å². The zero-order valence-electron chi connectivity index (χ0n) is 9.85. The van der Waals surface area contributed by atoms with Gasteiger partial charge in [-0.1, -0.05) is 0 Å². The molecule has 0 aliphatic heterocycles. The van der Waals surface area contributed by atoms with Gasteiger partial charge in [0.25, 0.3) is 5.91 Å². The van der Waals surface area contributed by atoms with E-state index in [0.717, 1.165) is 10.2 Å². The maximum atomic E-state index is 12.0. The first kappa shape index (κ1) is 12.6. The standard InChI is InChI=1S/C12H13BrN4O/c1-17-5-4-9(16-17)7-15-12(18)10-6-8(14)2-3-11(10)13/h2-6H,7,14H2,1H3,(H,15,18). The van der Waals surface area contributed by atoms with Crippen LogP contribution >= 0.6 is 15.9 Å². The van der Waals surface area contributed by atoms with Crippen LogP contribution in [0.15, 0.2) is 34.9 Å². The molecule has 0 unspecified atom stereocenters. The molecule has 1 heterocycles. The fourth-order valence-electron chi connectivity index (χ4n) is 1.54. The fraction of sp³-hybridized carbons (Fsp3) is 0.167. The second kappa shape index (κ2) is 5.22. The van der Waals surface area contributed by atoms with Crippen LogP contribution in [-0.2, 0) is 13.6 Å². The molecule has 1 amide bonds. The van der Waals surface area contributed by atoms with Crippen molar-refractivity contribution in [3.05, 3.63) is 46.2 Å². The number of nitrogens with two attached hydrogens (primary N) is 1.